The Bertz CT molecular complexity index is 465. The van der Waals surface area contributed by atoms with Gasteiger partial charge in [-0.05, 0) is 37.4 Å². The second kappa shape index (κ2) is 7.88. The number of carbonyl (C=O) groups excluding carboxylic acids is 1. The number of nitrogens with two attached hydrogens (primary N) is 1. The van der Waals surface area contributed by atoms with E-state index in [2.05, 4.69) is 22.3 Å². The van der Waals surface area contributed by atoms with Gasteiger partial charge in [0.1, 0.15) is 5.75 Å². The summed E-state index contributed by atoms with van der Waals surface area (Å²) in [5.41, 5.74) is 6.59. The third-order valence-electron chi connectivity index (χ3n) is 3.90. The number of anilines is 1. The second-order valence-electron chi connectivity index (χ2n) is 5.50. The summed E-state index contributed by atoms with van der Waals surface area (Å²) in [5, 5.41) is 3.01. The Labute approximate surface area is 126 Å². The number of benzene rings is 1. The van der Waals surface area contributed by atoms with Crippen molar-refractivity contribution in [3.63, 3.8) is 0 Å². The van der Waals surface area contributed by atoms with E-state index in [1.807, 2.05) is 12.1 Å². The molecule has 1 fully saturated rings. The predicted octanol–water partition coefficient (Wildman–Crippen LogP) is 1.38. The predicted molar refractivity (Wildman–Crippen MR) is 84.6 cm³/mol. The van der Waals surface area contributed by atoms with E-state index in [4.69, 9.17) is 10.5 Å². The van der Waals surface area contributed by atoms with Crippen molar-refractivity contribution in [2.24, 2.45) is 11.7 Å². The van der Waals surface area contributed by atoms with E-state index in [-0.39, 0.29) is 5.91 Å². The van der Waals surface area contributed by atoms with Crippen LogP contribution in [0.1, 0.15) is 19.3 Å². The van der Waals surface area contributed by atoms with E-state index in [0.717, 1.165) is 38.2 Å². The number of ether oxygens (including phenoxy) is 1. The summed E-state index contributed by atoms with van der Waals surface area (Å²) >= 11 is 0. The molecule has 21 heavy (non-hydrogen) atoms. The molecule has 5 heteroatoms. The Morgan fingerprint density at radius 3 is 3.14 bits per heavy atom. The van der Waals surface area contributed by atoms with Gasteiger partial charge in [-0.15, -0.1) is 0 Å². The average Bonchev–Trinajstić information content (AvgIpc) is 3.00. The third-order valence-corrected chi connectivity index (χ3v) is 3.90. The van der Waals surface area contributed by atoms with E-state index >= 15 is 0 Å². The van der Waals surface area contributed by atoms with Gasteiger partial charge in [0.05, 0.1) is 7.11 Å². The highest BCUT2D eigenvalue weighted by atomic mass is 16.5. The van der Waals surface area contributed by atoms with Gasteiger partial charge in [0, 0.05) is 37.8 Å². The molecule has 0 spiro atoms. The first-order valence-corrected chi connectivity index (χ1v) is 7.58. The lowest BCUT2D eigenvalue weighted by Gasteiger charge is -2.19. The fourth-order valence-electron chi connectivity index (χ4n) is 2.65. The standard InChI is InChI=1S/C16H25N3O2/c1-21-15-5-2-4-14(10-15)19-9-7-13(12-19)11-18-16(20)6-3-8-17/h2,4-5,10,13H,3,6-9,11-12,17H2,1H3,(H,18,20). The summed E-state index contributed by atoms with van der Waals surface area (Å²) in [6.45, 7) is 3.32. The normalized spacial score (nSPS) is 17.8. The van der Waals surface area contributed by atoms with Crippen molar-refractivity contribution >= 4 is 11.6 Å². The molecule has 0 saturated carbocycles. The first kappa shape index (κ1) is 15.6. The van der Waals surface area contributed by atoms with Gasteiger partial charge in [-0.3, -0.25) is 4.79 Å². The molecule has 2 rings (SSSR count). The molecular formula is C16H25N3O2. The van der Waals surface area contributed by atoms with Crippen molar-refractivity contribution in [1.82, 2.24) is 5.32 Å². The molecule has 0 aliphatic carbocycles. The number of hydrogen-bond acceptors (Lipinski definition) is 4. The minimum atomic E-state index is 0.111. The van der Waals surface area contributed by atoms with Crippen molar-refractivity contribution in [2.75, 3.05) is 38.2 Å². The van der Waals surface area contributed by atoms with Gasteiger partial charge >= 0.3 is 0 Å². The van der Waals surface area contributed by atoms with Crippen LogP contribution >= 0.6 is 0 Å². The first-order chi connectivity index (χ1) is 10.2. The van der Waals surface area contributed by atoms with Gasteiger partial charge in [0.15, 0.2) is 0 Å². The highest BCUT2D eigenvalue weighted by molar-refractivity contribution is 5.75. The number of amides is 1. The van der Waals surface area contributed by atoms with Crippen LogP contribution in [0.3, 0.4) is 0 Å². The van der Waals surface area contributed by atoms with Gasteiger partial charge < -0.3 is 20.7 Å². The van der Waals surface area contributed by atoms with Gasteiger partial charge in [0.2, 0.25) is 5.91 Å². The summed E-state index contributed by atoms with van der Waals surface area (Å²) in [7, 11) is 1.68. The smallest absolute Gasteiger partial charge is 0.220 e. The summed E-state index contributed by atoms with van der Waals surface area (Å²) in [4.78, 5) is 13.9. The van der Waals surface area contributed by atoms with Gasteiger partial charge in [-0.2, -0.15) is 0 Å². The van der Waals surface area contributed by atoms with E-state index in [0.29, 0.717) is 18.9 Å². The topological polar surface area (TPSA) is 67.6 Å². The monoisotopic (exact) mass is 291 g/mol. The summed E-state index contributed by atoms with van der Waals surface area (Å²) < 4.78 is 5.26. The van der Waals surface area contributed by atoms with Crippen molar-refractivity contribution < 1.29 is 9.53 Å². The van der Waals surface area contributed by atoms with Crippen molar-refractivity contribution in [2.45, 2.75) is 19.3 Å². The average molecular weight is 291 g/mol. The zero-order valence-electron chi connectivity index (χ0n) is 12.7. The SMILES string of the molecule is COc1cccc(N2CCC(CNC(=O)CCCN)C2)c1. The lowest BCUT2D eigenvalue weighted by Crippen LogP contribution is -2.31. The highest BCUT2D eigenvalue weighted by Gasteiger charge is 2.23. The third kappa shape index (κ3) is 4.63. The van der Waals surface area contributed by atoms with Crippen LogP contribution in [-0.2, 0) is 4.79 Å². The van der Waals surface area contributed by atoms with Gasteiger partial charge in [0.25, 0.3) is 0 Å². The molecule has 116 valence electrons. The minimum absolute atomic E-state index is 0.111. The fourth-order valence-corrected chi connectivity index (χ4v) is 2.65. The molecule has 1 unspecified atom stereocenters. The van der Waals surface area contributed by atoms with Crippen molar-refractivity contribution in [3.05, 3.63) is 24.3 Å². The summed E-state index contributed by atoms with van der Waals surface area (Å²) in [6.07, 6.45) is 2.39. The van der Waals surface area contributed by atoms with Gasteiger partial charge in [-0.25, -0.2) is 0 Å². The largest absolute Gasteiger partial charge is 0.497 e. The molecule has 1 aliphatic heterocycles. The number of nitrogens with zero attached hydrogens (tertiary/aromatic N) is 1. The quantitative estimate of drug-likeness (QED) is 0.796. The maximum atomic E-state index is 11.6. The molecule has 1 amide bonds. The maximum absolute atomic E-state index is 11.6. The molecule has 1 aliphatic rings. The number of nitrogens with one attached hydrogen (secondary N) is 1. The molecule has 5 nitrogen and oxygen atoms in total. The summed E-state index contributed by atoms with van der Waals surface area (Å²) in [5.74, 6) is 1.50. The zero-order valence-corrected chi connectivity index (χ0v) is 12.7. The Balaban J connectivity index is 1.79. The van der Waals surface area contributed by atoms with Crippen LogP contribution in [0.5, 0.6) is 5.75 Å². The van der Waals surface area contributed by atoms with Crippen LogP contribution in [0.15, 0.2) is 24.3 Å². The van der Waals surface area contributed by atoms with Crippen LogP contribution in [0.2, 0.25) is 0 Å². The number of carbonyl (C=O) groups is 1. The molecule has 1 aromatic carbocycles. The number of methoxy groups -OCH3 is 1. The lowest BCUT2D eigenvalue weighted by atomic mass is 10.1. The second-order valence-corrected chi connectivity index (χ2v) is 5.50. The van der Waals surface area contributed by atoms with Crippen LogP contribution < -0.4 is 20.7 Å². The van der Waals surface area contributed by atoms with E-state index < -0.39 is 0 Å². The molecule has 0 radical (unpaired) electrons. The maximum Gasteiger partial charge on any atom is 0.220 e. The van der Waals surface area contributed by atoms with Crippen molar-refractivity contribution in [1.29, 1.82) is 0 Å². The Morgan fingerprint density at radius 1 is 1.52 bits per heavy atom. The molecule has 1 heterocycles. The Hall–Kier alpha value is -1.75. The molecular weight excluding hydrogens is 266 g/mol. The number of hydrogen-bond donors (Lipinski definition) is 2. The Kier molecular flexibility index (Phi) is 5.87. The van der Waals surface area contributed by atoms with E-state index in [9.17, 15) is 4.79 Å². The first-order valence-electron chi connectivity index (χ1n) is 7.58. The van der Waals surface area contributed by atoms with Crippen molar-refractivity contribution in [3.8, 4) is 5.75 Å². The van der Waals surface area contributed by atoms with Crippen LogP contribution in [0.25, 0.3) is 0 Å². The number of rotatable bonds is 7. The molecule has 1 atom stereocenters. The molecule has 3 N–H and O–H groups in total. The van der Waals surface area contributed by atoms with E-state index in [1.54, 1.807) is 7.11 Å². The summed E-state index contributed by atoms with van der Waals surface area (Å²) in [6, 6.07) is 8.12. The molecule has 0 bridgehead atoms. The van der Waals surface area contributed by atoms with Crippen LogP contribution in [0.4, 0.5) is 5.69 Å². The van der Waals surface area contributed by atoms with Gasteiger partial charge in [-0.1, -0.05) is 6.07 Å². The highest BCUT2D eigenvalue weighted by Crippen LogP contribution is 2.26. The Morgan fingerprint density at radius 2 is 2.38 bits per heavy atom. The van der Waals surface area contributed by atoms with Crippen LogP contribution in [0, 0.1) is 5.92 Å². The molecule has 1 aromatic rings. The molecule has 1 saturated heterocycles. The van der Waals surface area contributed by atoms with Crippen LogP contribution in [-0.4, -0.2) is 39.2 Å². The fraction of sp³-hybridized carbons (Fsp3) is 0.562. The van der Waals surface area contributed by atoms with E-state index in [1.165, 1.54) is 5.69 Å². The lowest BCUT2D eigenvalue weighted by molar-refractivity contribution is -0.121. The molecule has 0 aromatic heterocycles. The zero-order chi connectivity index (χ0) is 15.1. The minimum Gasteiger partial charge on any atom is -0.497 e.